The molecule has 1 aromatic carbocycles. The molecule has 4 heteroatoms. The zero-order chi connectivity index (χ0) is 13.3. The molecular weight excluding hydrogens is 314 g/mol. The fraction of sp³-hybridized carbons (Fsp3) is 0.357. The lowest BCUT2D eigenvalue weighted by Crippen LogP contribution is -2.26. The molecule has 0 fully saturated rings. The minimum absolute atomic E-state index is 0.0159. The molecule has 1 N–H and O–H groups in total. The predicted molar refractivity (Wildman–Crippen MR) is 79.0 cm³/mol. The van der Waals surface area contributed by atoms with Gasteiger partial charge in [0.2, 0.25) is 0 Å². The smallest absolute Gasteiger partial charge is 0.172 e. The summed E-state index contributed by atoms with van der Waals surface area (Å²) in [4.78, 5) is 11.9. The summed E-state index contributed by atoms with van der Waals surface area (Å²) in [6.07, 6.45) is 1.39. The van der Waals surface area contributed by atoms with E-state index in [4.69, 9.17) is 11.6 Å². The molecule has 0 unspecified atom stereocenters. The summed E-state index contributed by atoms with van der Waals surface area (Å²) in [6, 6.07) is 7.53. The number of para-hydroxylation sites is 1. The Hall–Kier alpha value is -0.800. The maximum absolute atomic E-state index is 11.9. The van der Waals surface area contributed by atoms with Crippen LogP contribution in [0.2, 0.25) is 5.02 Å². The normalized spacial score (nSPS) is 19.0. The second-order valence-electron chi connectivity index (χ2n) is 5.34. The Labute approximate surface area is 121 Å². The third-order valence-electron chi connectivity index (χ3n) is 2.96. The quantitative estimate of drug-likeness (QED) is 0.849. The van der Waals surface area contributed by atoms with Crippen molar-refractivity contribution in [3.05, 3.63) is 39.5 Å². The van der Waals surface area contributed by atoms with Crippen LogP contribution in [0, 0.1) is 5.41 Å². The number of carbonyl (C=O) groups excluding carboxylic acids is 1. The third-order valence-corrected chi connectivity index (χ3v) is 4.21. The molecule has 0 saturated heterocycles. The fourth-order valence-electron chi connectivity index (χ4n) is 2.12. The average molecular weight is 329 g/mol. The third kappa shape index (κ3) is 2.96. The number of rotatable bonds is 2. The van der Waals surface area contributed by atoms with Crippen LogP contribution in [0.1, 0.15) is 26.7 Å². The monoisotopic (exact) mass is 327 g/mol. The molecule has 1 aliphatic rings. The number of Topliss-reactive ketones (excluding diaryl/α,β-unsaturated/α-hetero) is 1. The number of hydrogen-bond acceptors (Lipinski definition) is 2. The van der Waals surface area contributed by atoms with Crippen LogP contribution in [0.3, 0.4) is 0 Å². The fourth-order valence-corrected chi connectivity index (χ4v) is 2.69. The van der Waals surface area contributed by atoms with Gasteiger partial charge >= 0.3 is 0 Å². The van der Waals surface area contributed by atoms with E-state index in [1.54, 1.807) is 0 Å². The standard InChI is InChI=1S/C14H15BrClNO/c1-14(2)7-11(13(15)12(18)8-14)17-10-6-4-3-5-9(10)16/h3-6,17H,7-8H2,1-2H3. The Morgan fingerprint density at radius 3 is 2.61 bits per heavy atom. The van der Waals surface area contributed by atoms with Gasteiger partial charge in [-0.15, -0.1) is 0 Å². The maximum atomic E-state index is 11.9. The van der Waals surface area contributed by atoms with Gasteiger partial charge in [0.15, 0.2) is 5.78 Å². The minimum Gasteiger partial charge on any atom is -0.357 e. The minimum atomic E-state index is -0.0159. The van der Waals surface area contributed by atoms with Gasteiger partial charge in [-0.05, 0) is 39.9 Å². The lowest BCUT2D eigenvalue weighted by atomic mass is 9.79. The van der Waals surface area contributed by atoms with Gasteiger partial charge in [-0.2, -0.15) is 0 Å². The van der Waals surface area contributed by atoms with Crippen molar-refractivity contribution in [1.82, 2.24) is 0 Å². The summed E-state index contributed by atoms with van der Waals surface area (Å²) < 4.78 is 0.641. The second kappa shape index (κ2) is 5.06. The molecule has 0 aromatic heterocycles. The molecular formula is C14H15BrClNO. The van der Waals surface area contributed by atoms with Gasteiger partial charge in [-0.25, -0.2) is 0 Å². The van der Waals surface area contributed by atoms with Crippen LogP contribution in [0.5, 0.6) is 0 Å². The van der Waals surface area contributed by atoms with E-state index in [2.05, 4.69) is 35.1 Å². The Morgan fingerprint density at radius 1 is 1.28 bits per heavy atom. The van der Waals surface area contributed by atoms with E-state index in [0.717, 1.165) is 17.8 Å². The molecule has 1 aromatic rings. The molecule has 0 saturated carbocycles. The van der Waals surface area contributed by atoms with Gasteiger partial charge in [0.05, 0.1) is 15.2 Å². The summed E-state index contributed by atoms with van der Waals surface area (Å²) in [6.45, 7) is 4.19. The van der Waals surface area contributed by atoms with Crippen LogP contribution >= 0.6 is 27.5 Å². The molecule has 0 radical (unpaired) electrons. The van der Waals surface area contributed by atoms with E-state index in [0.29, 0.717) is 15.9 Å². The molecule has 0 amide bonds. The van der Waals surface area contributed by atoms with E-state index in [1.165, 1.54) is 0 Å². The number of benzene rings is 1. The summed E-state index contributed by atoms with van der Waals surface area (Å²) in [5.41, 5.74) is 1.72. The lowest BCUT2D eigenvalue weighted by Gasteiger charge is -2.31. The summed E-state index contributed by atoms with van der Waals surface area (Å²) in [5.74, 6) is 0.140. The summed E-state index contributed by atoms with van der Waals surface area (Å²) in [5, 5.41) is 3.92. The highest BCUT2D eigenvalue weighted by molar-refractivity contribution is 9.12. The van der Waals surface area contributed by atoms with E-state index in [9.17, 15) is 4.79 Å². The Bertz CT molecular complexity index is 522. The van der Waals surface area contributed by atoms with Crippen molar-refractivity contribution in [2.45, 2.75) is 26.7 Å². The van der Waals surface area contributed by atoms with Crippen molar-refractivity contribution in [3.63, 3.8) is 0 Å². The van der Waals surface area contributed by atoms with E-state index >= 15 is 0 Å². The number of allylic oxidation sites excluding steroid dienone is 2. The van der Waals surface area contributed by atoms with Gasteiger partial charge in [-0.3, -0.25) is 4.79 Å². The number of hydrogen-bond donors (Lipinski definition) is 1. The Morgan fingerprint density at radius 2 is 1.94 bits per heavy atom. The van der Waals surface area contributed by atoms with E-state index in [1.807, 2.05) is 24.3 Å². The van der Waals surface area contributed by atoms with Crippen LogP contribution in [0.15, 0.2) is 34.4 Å². The topological polar surface area (TPSA) is 29.1 Å². The molecule has 0 spiro atoms. The van der Waals surface area contributed by atoms with Crippen LogP contribution in [-0.2, 0) is 4.79 Å². The second-order valence-corrected chi connectivity index (χ2v) is 6.54. The van der Waals surface area contributed by atoms with Gasteiger partial charge in [0.1, 0.15) is 0 Å². The molecule has 2 rings (SSSR count). The largest absolute Gasteiger partial charge is 0.357 e. The van der Waals surface area contributed by atoms with Crippen molar-refractivity contribution in [1.29, 1.82) is 0 Å². The first-order valence-corrected chi connectivity index (χ1v) is 6.99. The summed E-state index contributed by atoms with van der Waals surface area (Å²) in [7, 11) is 0. The Balaban J connectivity index is 2.30. The number of nitrogens with one attached hydrogen (secondary N) is 1. The predicted octanol–water partition coefficient (Wildman–Crippen LogP) is 4.75. The maximum Gasteiger partial charge on any atom is 0.172 e. The number of halogens is 2. The SMILES string of the molecule is CC1(C)CC(=O)C(Br)=C(Nc2ccccc2Cl)C1. The highest BCUT2D eigenvalue weighted by Crippen LogP contribution is 2.39. The van der Waals surface area contributed by atoms with Crippen LogP contribution in [0.4, 0.5) is 5.69 Å². The van der Waals surface area contributed by atoms with Gasteiger partial charge in [0, 0.05) is 12.1 Å². The molecule has 96 valence electrons. The Kier molecular flexibility index (Phi) is 3.83. The van der Waals surface area contributed by atoms with Gasteiger partial charge < -0.3 is 5.32 Å². The molecule has 18 heavy (non-hydrogen) atoms. The molecule has 2 nitrogen and oxygen atoms in total. The molecule has 1 aliphatic carbocycles. The number of anilines is 1. The first-order valence-electron chi connectivity index (χ1n) is 5.82. The van der Waals surface area contributed by atoms with Crippen molar-refractivity contribution >= 4 is 39.0 Å². The molecule has 0 aliphatic heterocycles. The zero-order valence-corrected chi connectivity index (χ0v) is 12.7. The van der Waals surface area contributed by atoms with Gasteiger partial charge in [-0.1, -0.05) is 37.6 Å². The average Bonchev–Trinajstić information content (AvgIpc) is 2.27. The van der Waals surface area contributed by atoms with Crippen molar-refractivity contribution < 1.29 is 4.79 Å². The van der Waals surface area contributed by atoms with Gasteiger partial charge in [0.25, 0.3) is 0 Å². The van der Waals surface area contributed by atoms with Crippen LogP contribution < -0.4 is 5.32 Å². The van der Waals surface area contributed by atoms with E-state index in [-0.39, 0.29) is 11.2 Å². The molecule has 0 bridgehead atoms. The first kappa shape index (κ1) is 13.6. The van der Waals surface area contributed by atoms with Crippen molar-refractivity contribution in [2.24, 2.45) is 5.41 Å². The number of carbonyl (C=O) groups is 1. The highest BCUT2D eigenvalue weighted by Gasteiger charge is 2.32. The first-order chi connectivity index (χ1) is 8.39. The molecule has 0 atom stereocenters. The van der Waals surface area contributed by atoms with Crippen molar-refractivity contribution in [2.75, 3.05) is 5.32 Å². The van der Waals surface area contributed by atoms with Crippen molar-refractivity contribution in [3.8, 4) is 0 Å². The molecule has 0 heterocycles. The van der Waals surface area contributed by atoms with E-state index < -0.39 is 0 Å². The van der Waals surface area contributed by atoms with Crippen LogP contribution in [-0.4, -0.2) is 5.78 Å². The summed E-state index contributed by atoms with van der Waals surface area (Å²) >= 11 is 9.49. The lowest BCUT2D eigenvalue weighted by molar-refractivity contribution is -0.117. The van der Waals surface area contributed by atoms with Crippen LogP contribution in [0.25, 0.3) is 0 Å². The highest BCUT2D eigenvalue weighted by atomic mass is 79.9. The number of ketones is 1. The zero-order valence-electron chi connectivity index (χ0n) is 10.4.